The first-order valence-corrected chi connectivity index (χ1v) is 9.90. The van der Waals surface area contributed by atoms with Gasteiger partial charge in [-0.25, -0.2) is 13.2 Å². The summed E-state index contributed by atoms with van der Waals surface area (Å²) in [6.45, 7) is 0.442. The Morgan fingerprint density at radius 1 is 1.19 bits per heavy atom. The van der Waals surface area contributed by atoms with Crippen molar-refractivity contribution in [2.75, 3.05) is 34.3 Å². The van der Waals surface area contributed by atoms with Gasteiger partial charge in [-0.05, 0) is 42.8 Å². The van der Waals surface area contributed by atoms with Gasteiger partial charge in [-0.3, -0.25) is 4.31 Å². The maximum Gasteiger partial charge on any atom is 0.323 e. The number of nitrogens with one attached hydrogen (secondary N) is 2. The molecule has 2 amide bonds. The smallest absolute Gasteiger partial charge is 0.323 e. The minimum Gasteiger partial charge on any atom is -0.495 e. The molecule has 1 saturated heterocycles. The number of carbonyl (C=O) groups excluding carboxylic acids is 1. The fourth-order valence-corrected chi connectivity index (χ4v) is 4.46. The maximum atomic E-state index is 12.3. The summed E-state index contributed by atoms with van der Waals surface area (Å²) >= 11 is 5.95. The molecular formula is C17H18ClN3O4S. The van der Waals surface area contributed by atoms with Crippen LogP contribution in [-0.4, -0.2) is 33.9 Å². The molecule has 26 heavy (non-hydrogen) atoms. The Balaban J connectivity index is 1.74. The van der Waals surface area contributed by atoms with Gasteiger partial charge in [0.1, 0.15) is 5.75 Å². The number of anilines is 3. The number of benzene rings is 2. The lowest BCUT2D eigenvalue weighted by Gasteiger charge is -2.18. The second-order valence-corrected chi connectivity index (χ2v) is 8.17. The summed E-state index contributed by atoms with van der Waals surface area (Å²) in [5.41, 5.74) is 1.43. The number of halogens is 1. The minimum atomic E-state index is -3.27. The van der Waals surface area contributed by atoms with Crippen molar-refractivity contribution in [2.24, 2.45) is 0 Å². The van der Waals surface area contributed by atoms with Crippen LogP contribution in [0.1, 0.15) is 6.42 Å². The molecule has 3 rings (SSSR count). The molecule has 7 nitrogen and oxygen atoms in total. The Labute approximate surface area is 157 Å². The van der Waals surface area contributed by atoms with Gasteiger partial charge in [0.15, 0.2) is 0 Å². The van der Waals surface area contributed by atoms with Crippen LogP contribution in [-0.2, 0) is 10.0 Å². The number of hydrogen-bond donors (Lipinski definition) is 2. The molecule has 0 spiro atoms. The van der Waals surface area contributed by atoms with Crippen LogP contribution >= 0.6 is 11.6 Å². The Morgan fingerprint density at radius 2 is 2.00 bits per heavy atom. The molecule has 2 N–H and O–H groups in total. The molecule has 0 aliphatic carbocycles. The van der Waals surface area contributed by atoms with Gasteiger partial charge in [0, 0.05) is 17.3 Å². The van der Waals surface area contributed by atoms with Crippen molar-refractivity contribution in [3.63, 3.8) is 0 Å². The van der Waals surface area contributed by atoms with Crippen LogP contribution in [0, 0.1) is 0 Å². The predicted octanol–water partition coefficient (Wildman–Crippen LogP) is 3.53. The largest absolute Gasteiger partial charge is 0.495 e. The first-order valence-electron chi connectivity index (χ1n) is 7.91. The topological polar surface area (TPSA) is 87.7 Å². The van der Waals surface area contributed by atoms with Crippen LogP contribution in [0.4, 0.5) is 21.9 Å². The molecule has 2 aromatic carbocycles. The molecule has 1 heterocycles. The van der Waals surface area contributed by atoms with Crippen molar-refractivity contribution in [3.05, 3.63) is 47.5 Å². The van der Waals surface area contributed by atoms with Gasteiger partial charge in [-0.1, -0.05) is 17.7 Å². The molecular weight excluding hydrogens is 378 g/mol. The van der Waals surface area contributed by atoms with E-state index in [4.69, 9.17) is 16.3 Å². The molecule has 0 saturated carbocycles. The Morgan fingerprint density at radius 3 is 2.69 bits per heavy atom. The van der Waals surface area contributed by atoms with Gasteiger partial charge in [0.2, 0.25) is 10.0 Å². The first-order chi connectivity index (χ1) is 12.4. The maximum absolute atomic E-state index is 12.3. The van der Waals surface area contributed by atoms with E-state index in [1.54, 1.807) is 42.5 Å². The standard InChI is InChI=1S/C17H18ClN3O4S/c1-25-16-7-6-12(18)10-15(16)20-17(22)19-13-4-2-5-14(11-13)21-8-3-9-26(21,23)24/h2,4-7,10-11H,3,8-9H2,1H3,(H2,19,20,22). The number of hydrogen-bond acceptors (Lipinski definition) is 4. The molecule has 9 heteroatoms. The number of methoxy groups -OCH3 is 1. The number of nitrogens with zero attached hydrogens (tertiary/aromatic N) is 1. The molecule has 0 atom stereocenters. The number of sulfonamides is 1. The zero-order valence-corrected chi connectivity index (χ0v) is 15.6. The minimum absolute atomic E-state index is 0.139. The van der Waals surface area contributed by atoms with Crippen LogP contribution in [0.3, 0.4) is 0 Å². The van der Waals surface area contributed by atoms with E-state index in [1.165, 1.54) is 11.4 Å². The Kier molecular flexibility index (Phi) is 5.24. The first kappa shape index (κ1) is 18.3. The number of amides is 2. The normalized spacial score (nSPS) is 15.5. The van der Waals surface area contributed by atoms with Crippen LogP contribution in [0.5, 0.6) is 5.75 Å². The third-order valence-electron chi connectivity index (χ3n) is 3.90. The zero-order valence-electron chi connectivity index (χ0n) is 14.0. The summed E-state index contributed by atoms with van der Waals surface area (Å²) in [6, 6.07) is 11.1. The Hall–Kier alpha value is -2.45. The lowest BCUT2D eigenvalue weighted by molar-refractivity contribution is 0.262. The summed E-state index contributed by atoms with van der Waals surface area (Å²) in [5, 5.41) is 5.81. The molecule has 0 unspecified atom stereocenters. The molecule has 2 aromatic rings. The SMILES string of the molecule is COc1ccc(Cl)cc1NC(=O)Nc1cccc(N2CCCS2(=O)=O)c1. The molecule has 0 bridgehead atoms. The van der Waals surface area contributed by atoms with E-state index in [0.717, 1.165) is 0 Å². The highest BCUT2D eigenvalue weighted by Crippen LogP contribution is 2.29. The van der Waals surface area contributed by atoms with Gasteiger partial charge in [0.25, 0.3) is 0 Å². The lowest BCUT2D eigenvalue weighted by atomic mass is 10.2. The van der Waals surface area contributed by atoms with E-state index >= 15 is 0 Å². The van der Waals surface area contributed by atoms with E-state index < -0.39 is 16.1 Å². The van der Waals surface area contributed by atoms with E-state index in [2.05, 4.69) is 10.6 Å². The lowest BCUT2D eigenvalue weighted by Crippen LogP contribution is -2.25. The fraction of sp³-hybridized carbons (Fsp3) is 0.235. The second-order valence-electron chi connectivity index (χ2n) is 5.72. The highest BCUT2D eigenvalue weighted by Gasteiger charge is 2.28. The van der Waals surface area contributed by atoms with Crippen LogP contribution < -0.4 is 19.7 Å². The number of rotatable bonds is 4. The highest BCUT2D eigenvalue weighted by molar-refractivity contribution is 7.93. The van der Waals surface area contributed by atoms with E-state index in [1.807, 2.05) is 0 Å². The average Bonchev–Trinajstić information content (AvgIpc) is 2.94. The van der Waals surface area contributed by atoms with Crippen molar-refractivity contribution in [2.45, 2.75) is 6.42 Å². The predicted molar refractivity (Wildman–Crippen MR) is 103 cm³/mol. The molecule has 138 valence electrons. The average molecular weight is 396 g/mol. The number of urea groups is 1. The Bertz CT molecular complexity index is 933. The summed E-state index contributed by atoms with van der Waals surface area (Å²) in [5.74, 6) is 0.612. The molecule has 1 aliphatic heterocycles. The van der Waals surface area contributed by atoms with Crippen LogP contribution in [0.25, 0.3) is 0 Å². The van der Waals surface area contributed by atoms with Gasteiger partial charge in [-0.15, -0.1) is 0 Å². The summed E-state index contributed by atoms with van der Waals surface area (Å²) in [7, 11) is -1.78. The molecule has 1 fully saturated rings. The van der Waals surface area contributed by atoms with Crippen molar-refractivity contribution in [3.8, 4) is 5.75 Å². The van der Waals surface area contributed by atoms with Crippen LogP contribution in [0.15, 0.2) is 42.5 Å². The van der Waals surface area contributed by atoms with Crippen molar-refractivity contribution in [1.82, 2.24) is 0 Å². The van der Waals surface area contributed by atoms with Gasteiger partial charge >= 0.3 is 6.03 Å². The number of carbonyl (C=O) groups is 1. The summed E-state index contributed by atoms with van der Waals surface area (Å²) < 4.78 is 30.6. The van der Waals surface area contributed by atoms with E-state index in [-0.39, 0.29) is 5.75 Å². The number of ether oxygens (including phenoxy) is 1. The van der Waals surface area contributed by atoms with Crippen LogP contribution in [0.2, 0.25) is 5.02 Å². The second kappa shape index (κ2) is 7.43. The highest BCUT2D eigenvalue weighted by atomic mass is 35.5. The third kappa shape index (κ3) is 4.03. The monoisotopic (exact) mass is 395 g/mol. The van der Waals surface area contributed by atoms with E-state index in [0.29, 0.717) is 40.8 Å². The van der Waals surface area contributed by atoms with E-state index in [9.17, 15) is 13.2 Å². The summed E-state index contributed by atoms with van der Waals surface area (Å²) in [6.07, 6.45) is 0.592. The van der Waals surface area contributed by atoms with Gasteiger partial charge < -0.3 is 15.4 Å². The van der Waals surface area contributed by atoms with Gasteiger partial charge in [-0.2, -0.15) is 0 Å². The summed E-state index contributed by atoms with van der Waals surface area (Å²) in [4.78, 5) is 12.3. The van der Waals surface area contributed by atoms with Crippen molar-refractivity contribution in [1.29, 1.82) is 0 Å². The fourth-order valence-electron chi connectivity index (χ4n) is 2.73. The van der Waals surface area contributed by atoms with Crippen molar-refractivity contribution < 1.29 is 17.9 Å². The zero-order chi connectivity index (χ0) is 18.7. The quantitative estimate of drug-likeness (QED) is 0.828. The molecule has 1 aliphatic rings. The molecule has 0 radical (unpaired) electrons. The molecule has 0 aromatic heterocycles. The third-order valence-corrected chi connectivity index (χ3v) is 6.01. The van der Waals surface area contributed by atoms with Gasteiger partial charge in [0.05, 0.1) is 24.2 Å². The van der Waals surface area contributed by atoms with Crippen molar-refractivity contribution >= 4 is 44.7 Å².